The van der Waals surface area contributed by atoms with Crippen molar-refractivity contribution in [1.29, 1.82) is 0 Å². The molecule has 1 aliphatic rings. The van der Waals surface area contributed by atoms with Crippen molar-refractivity contribution in [2.24, 2.45) is 0 Å². The van der Waals surface area contributed by atoms with E-state index in [4.69, 9.17) is 16.3 Å². The first kappa shape index (κ1) is 18.3. The van der Waals surface area contributed by atoms with Crippen molar-refractivity contribution >= 4 is 40.3 Å². The van der Waals surface area contributed by atoms with Crippen LogP contribution in [0.3, 0.4) is 0 Å². The number of ketones is 1. The molecule has 0 atom stereocenters. The lowest BCUT2D eigenvalue weighted by molar-refractivity contribution is -0.117. The Morgan fingerprint density at radius 3 is 2.73 bits per heavy atom. The minimum atomic E-state index is -0.643. The summed E-state index contributed by atoms with van der Waals surface area (Å²) < 4.78 is 4.97. The smallest absolute Gasteiger partial charge is 0.409 e. The molecule has 0 unspecified atom stereocenters. The van der Waals surface area contributed by atoms with Crippen LogP contribution in [0.1, 0.15) is 30.1 Å². The molecule has 2 aromatic rings. The summed E-state index contributed by atoms with van der Waals surface area (Å²) in [5.41, 5.74) is 1.02. The molecule has 7 nitrogen and oxygen atoms in total. The van der Waals surface area contributed by atoms with Gasteiger partial charge in [0.15, 0.2) is 0 Å². The fourth-order valence-electron chi connectivity index (χ4n) is 3.08. The van der Waals surface area contributed by atoms with Crippen LogP contribution >= 0.6 is 11.6 Å². The third-order valence-corrected chi connectivity index (χ3v) is 4.69. The first-order chi connectivity index (χ1) is 12.5. The molecule has 1 fully saturated rings. The van der Waals surface area contributed by atoms with E-state index in [1.165, 1.54) is 6.20 Å². The number of rotatable bonds is 4. The predicted octanol–water partition coefficient (Wildman–Crippen LogP) is 2.74. The zero-order valence-corrected chi connectivity index (χ0v) is 15.1. The predicted molar refractivity (Wildman–Crippen MR) is 97.4 cm³/mol. The van der Waals surface area contributed by atoms with E-state index in [-0.39, 0.29) is 12.1 Å². The van der Waals surface area contributed by atoms with E-state index in [1.54, 1.807) is 30.0 Å². The van der Waals surface area contributed by atoms with Gasteiger partial charge in [-0.3, -0.25) is 9.59 Å². The number of aromatic amines is 1. The number of nitrogens with zero attached hydrogens (tertiary/aromatic N) is 1. The van der Waals surface area contributed by atoms with Crippen LogP contribution in [0.25, 0.3) is 10.9 Å². The third kappa shape index (κ3) is 3.83. The number of nitrogens with one attached hydrogen (secondary N) is 2. The second kappa shape index (κ2) is 7.78. The maximum atomic E-state index is 12.5. The van der Waals surface area contributed by atoms with Crippen LogP contribution in [0.15, 0.2) is 24.4 Å². The van der Waals surface area contributed by atoms with Crippen molar-refractivity contribution in [2.75, 3.05) is 19.7 Å². The minimum absolute atomic E-state index is 0.142. The van der Waals surface area contributed by atoms with Gasteiger partial charge >= 0.3 is 6.09 Å². The number of aromatic nitrogens is 1. The number of piperidine rings is 1. The third-order valence-electron chi connectivity index (χ3n) is 4.45. The highest BCUT2D eigenvalue weighted by atomic mass is 35.5. The fourth-order valence-corrected chi connectivity index (χ4v) is 3.25. The lowest BCUT2D eigenvalue weighted by Gasteiger charge is -2.31. The number of Topliss-reactive ketones (excluding diaryl/α,β-unsaturated/α-hetero) is 1. The number of ether oxygens (including phenoxy) is 1. The van der Waals surface area contributed by atoms with Crippen LogP contribution in [-0.4, -0.2) is 53.4 Å². The molecule has 2 N–H and O–H groups in total. The maximum absolute atomic E-state index is 12.5. The molecule has 0 radical (unpaired) electrons. The molecule has 1 aromatic carbocycles. The van der Waals surface area contributed by atoms with Gasteiger partial charge in [-0.05, 0) is 31.9 Å². The number of carbonyl (C=O) groups excluding carboxylic acids is 3. The first-order valence-electron chi connectivity index (χ1n) is 8.53. The number of likely N-dealkylation sites (tertiary alicyclic amines) is 1. The number of hydrogen-bond donors (Lipinski definition) is 2. The van der Waals surface area contributed by atoms with Crippen LogP contribution in [0.5, 0.6) is 0 Å². The number of amides is 2. The molecule has 26 heavy (non-hydrogen) atoms. The number of hydrogen-bond acceptors (Lipinski definition) is 4. The molecule has 1 saturated heterocycles. The van der Waals surface area contributed by atoms with E-state index in [0.717, 1.165) is 0 Å². The van der Waals surface area contributed by atoms with Crippen LogP contribution in [-0.2, 0) is 9.53 Å². The van der Waals surface area contributed by atoms with E-state index in [9.17, 15) is 14.4 Å². The molecule has 1 aliphatic heterocycles. The van der Waals surface area contributed by atoms with Gasteiger partial charge in [-0.15, -0.1) is 0 Å². The number of benzene rings is 1. The highest BCUT2D eigenvalue weighted by Gasteiger charge is 2.27. The topological polar surface area (TPSA) is 91.5 Å². The van der Waals surface area contributed by atoms with Crippen molar-refractivity contribution in [3.8, 4) is 0 Å². The molecule has 138 valence electrons. The van der Waals surface area contributed by atoms with Gasteiger partial charge < -0.3 is 19.9 Å². The average Bonchev–Trinajstić information content (AvgIpc) is 3.04. The van der Waals surface area contributed by atoms with Crippen LogP contribution < -0.4 is 5.32 Å². The summed E-state index contributed by atoms with van der Waals surface area (Å²) in [4.78, 5) is 41.1. The molecule has 0 spiro atoms. The van der Waals surface area contributed by atoms with Crippen LogP contribution in [0.2, 0.25) is 5.02 Å². The van der Waals surface area contributed by atoms with Gasteiger partial charge in [0.25, 0.3) is 11.7 Å². The quantitative estimate of drug-likeness (QED) is 0.633. The Balaban J connectivity index is 1.60. The number of halogens is 1. The van der Waals surface area contributed by atoms with Crippen LogP contribution in [0.4, 0.5) is 4.79 Å². The summed E-state index contributed by atoms with van der Waals surface area (Å²) in [6.45, 7) is 3.07. The first-order valence-corrected chi connectivity index (χ1v) is 8.91. The lowest BCUT2D eigenvalue weighted by atomic mass is 10.0. The largest absolute Gasteiger partial charge is 0.450 e. The van der Waals surface area contributed by atoms with Gasteiger partial charge in [-0.1, -0.05) is 17.7 Å². The van der Waals surface area contributed by atoms with Gasteiger partial charge in [-0.2, -0.15) is 0 Å². The molecule has 0 aliphatic carbocycles. The summed E-state index contributed by atoms with van der Waals surface area (Å²) >= 11 is 5.93. The monoisotopic (exact) mass is 377 g/mol. The van der Waals surface area contributed by atoms with Crippen molar-refractivity contribution in [3.05, 3.63) is 35.0 Å². The molecule has 0 saturated carbocycles. The molecular formula is C18H20ClN3O4. The van der Waals surface area contributed by atoms with E-state index in [1.807, 2.05) is 0 Å². The summed E-state index contributed by atoms with van der Waals surface area (Å²) in [5, 5.41) is 3.98. The molecule has 1 aromatic heterocycles. The number of H-pyrrole nitrogens is 1. The maximum Gasteiger partial charge on any atom is 0.409 e. The number of carbonyl (C=O) groups is 3. The molecule has 2 amide bonds. The summed E-state index contributed by atoms with van der Waals surface area (Å²) in [7, 11) is 0. The van der Waals surface area contributed by atoms with Gasteiger partial charge in [0.1, 0.15) is 0 Å². The van der Waals surface area contributed by atoms with Gasteiger partial charge in [-0.25, -0.2) is 4.79 Å². The van der Waals surface area contributed by atoms with Gasteiger partial charge in [0, 0.05) is 41.3 Å². The Labute approximate surface area is 155 Å². The minimum Gasteiger partial charge on any atom is -0.450 e. The van der Waals surface area contributed by atoms with Crippen molar-refractivity contribution < 1.29 is 19.1 Å². The highest BCUT2D eigenvalue weighted by Crippen LogP contribution is 2.22. The standard InChI is InChI=1S/C18H20ClN3O4/c1-2-26-18(25)22-7-5-12(6-8-22)21-17(24)16(23)14-10-20-15-9-11(19)3-4-13(14)15/h3-4,9-10,12,20H,2,5-8H2,1H3,(H,21,24). The summed E-state index contributed by atoms with van der Waals surface area (Å²) in [6, 6.07) is 4.96. The Morgan fingerprint density at radius 1 is 1.31 bits per heavy atom. The molecule has 3 rings (SSSR count). The van der Waals surface area contributed by atoms with E-state index in [0.29, 0.717) is 54.0 Å². The normalized spacial score (nSPS) is 15.1. The van der Waals surface area contributed by atoms with Gasteiger partial charge in [0.05, 0.1) is 12.2 Å². The number of fused-ring (bicyclic) bond motifs is 1. The lowest BCUT2D eigenvalue weighted by Crippen LogP contribution is -2.48. The second-order valence-corrected chi connectivity index (χ2v) is 6.59. The Hall–Kier alpha value is -2.54. The molecule has 0 bridgehead atoms. The van der Waals surface area contributed by atoms with Crippen molar-refractivity contribution in [2.45, 2.75) is 25.8 Å². The van der Waals surface area contributed by atoms with E-state index in [2.05, 4.69) is 10.3 Å². The molecular weight excluding hydrogens is 358 g/mol. The van der Waals surface area contributed by atoms with E-state index < -0.39 is 11.7 Å². The average molecular weight is 378 g/mol. The van der Waals surface area contributed by atoms with Crippen molar-refractivity contribution in [1.82, 2.24) is 15.2 Å². The van der Waals surface area contributed by atoms with Crippen molar-refractivity contribution in [3.63, 3.8) is 0 Å². The Kier molecular flexibility index (Phi) is 5.46. The Bertz CT molecular complexity index is 840. The zero-order valence-electron chi connectivity index (χ0n) is 14.4. The summed E-state index contributed by atoms with van der Waals surface area (Å²) in [6.07, 6.45) is 2.35. The van der Waals surface area contributed by atoms with Crippen LogP contribution in [0, 0.1) is 0 Å². The Morgan fingerprint density at radius 2 is 2.04 bits per heavy atom. The van der Waals surface area contributed by atoms with Gasteiger partial charge in [0.2, 0.25) is 0 Å². The molecule has 2 heterocycles. The highest BCUT2D eigenvalue weighted by molar-refractivity contribution is 6.45. The molecule has 8 heteroatoms. The summed E-state index contributed by atoms with van der Waals surface area (Å²) in [5.74, 6) is -1.23. The SMILES string of the molecule is CCOC(=O)N1CCC(NC(=O)C(=O)c2c[nH]c3cc(Cl)ccc23)CC1. The van der Waals surface area contributed by atoms with E-state index >= 15 is 0 Å². The zero-order chi connectivity index (χ0) is 18.7. The fraction of sp³-hybridized carbons (Fsp3) is 0.389. The second-order valence-electron chi connectivity index (χ2n) is 6.16.